The van der Waals surface area contributed by atoms with Gasteiger partial charge in [0.15, 0.2) is 5.13 Å². The van der Waals surface area contributed by atoms with Gasteiger partial charge in [0.2, 0.25) is 5.91 Å². The smallest absolute Gasteiger partial charge is 0.257 e. The van der Waals surface area contributed by atoms with Crippen molar-refractivity contribution in [3.63, 3.8) is 0 Å². The number of thiazole rings is 1. The van der Waals surface area contributed by atoms with Gasteiger partial charge in [0, 0.05) is 21.2 Å². The summed E-state index contributed by atoms with van der Waals surface area (Å²) in [7, 11) is 0. The van der Waals surface area contributed by atoms with Crippen LogP contribution in [0.1, 0.15) is 38.8 Å². The van der Waals surface area contributed by atoms with Crippen LogP contribution in [-0.4, -0.2) is 16.8 Å². The number of aryl methyl sites for hydroxylation is 2. The molecule has 28 heavy (non-hydrogen) atoms. The molecule has 0 fully saturated rings. The molecule has 0 saturated carbocycles. The van der Waals surface area contributed by atoms with Crippen molar-refractivity contribution in [1.29, 1.82) is 0 Å². The second kappa shape index (κ2) is 7.73. The van der Waals surface area contributed by atoms with Gasteiger partial charge < -0.3 is 5.32 Å². The third-order valence-corrected chi connectivity index (χ3v) is 5.98. The van der Waals surface area contributed by atoms with Crippen LogP contribution in [0.25, 0.3) is 0 Å². The van der Waals surface area contributed by atoms with Crippen LogP contribution >= 0.6 is 22.9 Å². The molecule has 1 atom stereocenters. The molecule has 1 aliphatic rings. The maximum absolute atomic E-state index is 12.7. The van der Waals surface area contributed by atoms with E-state index in [-0.39, 0.29) is 17.7 Å². The number of hydrogen-bond donors (Lipinski definition) is 2. The zero-order chi connectivity index (χ0) is 19.7. The van der Waals surface area contributed by atoms with Gasteiger partial charge >= 0.3 is 0 Å². The largest absolute Gasteiger partial charge is 0.326 e. The quantitative estimate of drug-likeness (QED) is 0.632. The summed E-state index contributed by atoms with van der Waals surface area (Å²) in [6.45, 7) is 2.00. The van der Waals surface area contributed by atoms with Gasteiger partial charge in [-0.1, -0.05) is 29.3 Å². The van der Waals surface area contributed by atoms with Crippen molar-refractivity contribution < 1.29 is 9.59 Å². The van der Waals surface area contributed by atoms with Crippen LogP contribution < -0.4 is 10.6 Å². The Balaban J connectivity index is 1.46. The molecule has 2 aromatic carbocycles. The van der Waals surface area contributed by atoms with E-state index >= 15 is 0 Å². The number of aromatic nitrogens is 1. The first kappa shape index (κ1) is 18.7. The molecular formula is C21H18ClN3O2S. The molecule has 5 nitrogen and oxygen atoms in total. The molecule has 0 radical (unpaired) electrons. The number of nitrogens with one attached hydrogen (secondary N) is 2. The highest BCUT2D eigenvalue weighted by molar-refractivity contribution is 7.16. The van der Waals surface area contributed by atoms with Crippen LogP contribution in [0.15, 0.2) is 48.5 Å². The molecule has 7 heteroatoms. The highest BCUT2D eigenvalue weighted by Crippen LogP contribution is 2.39. The van der Waals surface area contributed by atoms with Crippen LogP contribution in [-0.2, 0) is 11.2 Å². The van der Waals surface area contributed by atoms with E-state index in [0.717, 1.165) is 34.7 Å². The summed E-state index contributed by atoms with van der Waals surface area (Å²) in [5.74, 6) is -0.609. The molecule has 2 N–H and O–H groups in total. The molecule has 2 amide bonds. The zero-order valence-corrected chi connectivity index (χ0v) is 16.7. The summed E-state index contributed by atoms with van der Waals surface area (Å²) < 4.78 is 0. The van der Waals surface area contributed by atoms with Crippen molar-refractivity contribution >= 4 is 45.6 Å². The van der Waals surface area contributed by atoms with Crippen LogP contribution in [0.5, 0.6) is 0 Å². The number of carbonyl (C=O) groups excluding carboxylic acids is 2. The third-order valence-electron chi connectivity index (χ3n) is 4.68. The van der Waals surface area contributed by atoms with E-state index in [9.17, 15) is 9.59 Å². The fraction of sp³-hybridized carbons (Fsp3) is 0.190. The predicted octanol–water partition coefficient (Wildman–Crippen LogP) is 5.03. The maximum atomic E-state index is 12.7. The van der Waals surface area contributed by atoms with E-state index in [4.69, 9.17) is 11.6 Å². The molecule has 1 aromatic heterocycles. The van der Waals surface area contributed by atoms with Crippen molar-refractivity contribution in [3.05, 3.63) is 75.3 Å². The number of hydrogen-bond acceptors (Lipinski definition) is 4. The molecule has 0 bridgehead atoms. The fourth-order valence-electron chi connectivity index (χ4n) is 3.17. The average molecular weight is 412 g/mol. The lowest BCUT2D eigenvalue weighted by Crippen LogP contribution is -2.20. The summed E-state index contributed by atoms with van der Waals surface area (Å²) in [4.78, 5) is 30.7. The number of benzene rings is 2. The van der Waals surface area contributed by atoms with Crippen LogP contribution in [0.2, 0.25) is 5.02 Å². The standard InChI is InChI=1S/C21H18ClN3O2S/c1-12-2-8-15(9-3-12)23-20(27)16-10-11-17-18(16)24-21(28-17)25-19(26)13-4-6-14(22)7-5-13/h2-9,16H,10-11H2,1H3,(H,23,27)(H,24,25,26). The van der Waals surface area contributed by atoms with E-state index in [2.05, 4.69) is 15.6 Å². The van der Waals surface area contributed by atoms with E-state index in [1.807, 2.05) is 31.2 Å². The molecule has 1 heterocycles. The number of amides is 2. The molecule has 0 aliphatic heterocycles. The molecule has 142 valence electrons. The number of anilines is 2. The van der Waals surface area contributed by atoms with E-state index < -0.39 is 0 Å². The summed E-state index contributed by atoms with van der Waals surface area (Å²) in [5.41, 5.74) is 3.19. The second-order valence-electron chi connectivity index (χ2n) is 6.73. The van der Waals surface area contributed by atoms with Gasteiger partial charge in [0.25, 0.3) is 5.91 Å². The van der Waals surface area contributed by atoms with E-state index in [1.165, 1.54) is 11.3 Å². The Morgan fingerprint density at radius 3 is 2.50 bits per heavy atom. The minimum absolute atomic E-state index is 0.0662. The highest BCUT2D eigenvalue weighted by Gasteiger charge is 2.33. The van der Waals surface area contributed by atoms with Gasteiger partial charge in [0.05, 0.1) is 11.6 Å². The molecule has 4 rings (SSSR count). The van der Waals surface area contributed by atoms with Gasteiger partial charge in [-0.25, -0.2) is 4.98 Å². The second-order valence-corrected chi connectivity index (χ2v) is 8.26. The Morgan fingerprint density at radius 2 is 1.79 bits per heavy atom. The van der Waals surface area contributed by atoms with Crippen LogP contribution in [0.4, 0.5) is 10.8 Å². The number of rotatable bonds is 4. The number of carbonyl (C=O) groups is 2. The Labute approximate surface area is 171 Å². The average Bonchev–Trinajstić information content (AvgIpc) is 3.24. The first-order valence-corrected chi connectivity index (χ1v) is 10.1. The van der Waals surface area contributed by atoms with Crippen LogP contribution in [0.3, 0.4) is 0 Å². The van der Waals surface area contributed by atoms with Crippen molar-refractivity contribution in [1.82, 2.24) is 4.98 Å². The molecule has 1 aliphatic carbocycles. The summed E-state index contributed by atoms with van der Waals surface area (Å²) in [6, 6.07) is 14.4. The minimum atomic E-state index is -0.297. The van der Waals surface area contributed by atoms with Crippen molar-refractivity contribution in [2.24, 2.45) is 0 Å². The number of halogens is 1. The van der Waals surface area contributed by atoms with Crippen molar-refractivity contribution in [2.45, 2.75) is 25.7 Å². The number of nitrogens with zero attached hydrogens (tertiary/aromatic N) is 1. The normalized spacial score (nSPS) is 15.1. The Bertz CT molecular complexity index is 1030. The van der Waals surface area contributed by atoms with Crippen LogP contribution in [0, 0.1) is 6.92 Å². The van der Waals surface area contributed by atoms with Gasteiger partial charge in [0.1, 0.15) is 0 Å². The first-order chi connectivity index (χ1) is 13.5. The summed E-state index contributed by atoms with van der Waals surface area (Å²) in [6.07, 6.45) is 1.52. The topological polar surface area (TPSA) is 71.1 Å². The maximum Gasteiger partial charge on any atom is 0.257 e. The summed E-state index contributed by atoms with van der Waals surface area (Å²) >= 11 is 7.29. The monoisotopic (exact) mass is 411 g/mol. The lowest BCUT2D eigenvalue weighted by atomic mass is 10.1. The molecule has 0 spiro atoms. The fourth-order valence-corrected chi connectivity index (χ4v) is 4.33. The lowest BCUT2D eigenvalue weighted by Gasteiger charge is -2.11. The van der Waals surface area contributed by atoms with Gasteiger partial charge in [-0.2, -0.15) is 0 Å². The molecular weight excluding hydrogens is 394 g/mol. The first-order valence-electron chi connectivity index (χ1n) is 8.93. The summed E-state index contributed by atoms with van der Waals surface area (Å²) in [5, 5.41) is 6.86. The third kappa shape index (κ3) is 3.93. The molecule has 3 aromatic rings. The van der Waals surface area contributed by atoms with Gasteiger partial charge in [-0.05, 0) is 56.2 Å². The molecule has 1 unspecified atom stereocenters. The zero-order valence-electron chi connectivity index (χ0n) is 15.2. The highest BCUT2D eigenvalue weighted by atomic mass is 35.5. The van der Waals surface area contributed by atoms with Gasteiger partial charge in [-0.3, -0.25) is 14.9 Å². The van der Waals surface area contributed by atoms with Gasteiger partial charge in [-0.15, -0.1) is 11.3 Å². The minimum Gasteiger partial charge on any atom is -0.326 e. The lowest BCUT2D eigenvalue weighted by molar-refractivity contribution is -0.117. The van der Waals surface area contributed by atoms with E-state index in [0.29, 0.717) is 15.7 Å². The Morgan fingerprint density at radius 1 is 1.07 bits per heavy atom. The Hall–Kier alpha value is -2.70. The SMILES string of the molecule is Cc1ccc(NC(=O)C2CCc3sc(NC(=O)c4ccc(Cl)cc4)nc32)cc1. The van der Waals surface area contributed by atoms with Crippen molar-refractivity contribution in [3.8, 4) is 0 Å². The predicted molar refractivity (Wildman–Crippen MR) is 112 cm³/mol. The molecule has 0 saturated heterocycles. The Kier molecular flexibility index (Phi) is 5.15. The number of fused-ring (bicyclic) bond motifs is 1. The van der Waals surface area contributed by atoms with E-state index in [1.54, 1.807) is 24.3 Å². The van der Waals surface area contributed by atoms with Crippen molar-refractivity contribution in [2.75, 3.05) is 10.6 Å².